The average Bonchev–Trinajstić information content (AvgIpc) is 2.84. The maximum absolute atomic E-state index is 2.51. The van der Waals surface area contributed by atoms with Crippen LogP contribution in [0.2, 0.25) is 0 Å². The lowest BCUT2D eigenvalue weighted by Crippen LogP contribution is -2.33. The molecule has 0 radical (unpaired) electrons. The van der Waals surface area contributed by atoms with Crippen LogP contribution in [-0.2, 0) is 21.7 Å². The van der Waals surface area contributed by atoms with Gasteiger partial charge in [0, 0.05) is 0 Å². The zero-order valence-corrected chi connectivity index (χ0v) is 25.1. The van der Waals surface area contributed by atoms with Gasteiger partial charge in [0.15, 0.2) is 0 Å². The van der Waals surface area contributed by atoms with Gasteiger partial charge in [-0.1, -0.05) is 118 Å². The van der Waals surface area contributed by atoms with Crippen molar-refractivity contribution in [3.05, 3.63) is 82.4 Å². The summed E-state index contributed by atoms with van der Waals surface area (Å²) in [5.41, 5.74) is 13.9. The molecule has 0 heteroatoms. The van der Waals surface area contributed by atoms with Gasteiger partial charge in [0.05, 0.1) is 0 Å². The zero-order valence-electron chi connectivity index (χ0n) is 25.1. The van der Waals surface area contributed by atoms with Crippen molar-refractivity contribution in [1.82, 2.24) is 0 Å². The van der Waals surface area contributed by atoms with Gasteiger partial charge in [0.25, 0.3) is 0 Å². The van der Waals surface area contributed by atoms with Crippen molar-refractivity contribution in [2.45, 2.75) is 122 Å². The summed E-state index contributed by atoms with van der Waals surface area (Å²) in [6.07, 6.45) is 5.00. The maximum atomic E-state index is 2.51. The molecule has 0 heterocycles. The molecular weight excluding hydrogens is 444 g/mol. The van der Waals surface area contributed by atoms with Crippen LogP contribution >= 0.6 is 0 Å². The summed E-state index contributed by atoms with van der Waals surface area (Å²) in [7, 11) is 0. The molecule has 0 amide bonds. The van der Waals surface area contributed by atoms with Gasteiger partial charge in [-0.15, -0.1) is 0 Å². The van der Waals surface area contributed by atoms with Gasteiger partial charge in [0.2, 0.25) is 0 Å². The first kappa shape index (κ1) is 26.3. The third kappa shape index (κ3) is 4.60. The second kappa shape index (κ2) is 8.59. The molecule has 3 aromatic carbocycles. The molecule has 0 unspecified atom stereocenters. The largest absolute Gasteiger partial charge is 0.0587 e. The topological polar surface area (TPSA) is 0 Å². The molecule has 2 aliphatic rings. The highest BCUT2D eigenvalue weighted by atomic mass is 14.4. The number of hydrogen-bond donors (Lipinski definition) is 0. The monoisotopic (exact) mass is 492 g/mol. The van der Waals surface area contributed by atoms with E-state index in [0.717, 1.165) is 0 Å². The van der Waals surface area contributed by atoms with Crippen molar-refractivity contribution >= 4 is 0 Å². The van der Waals surface area contributed by atoms with E-state index in [0.29, 0.717) is 5.92 Å². The summed E-state index contributed by atoms with van der Waals surface area (Å²) in [6.45, 7) is 24.0. The molecule has 0 saturated carbocycles. The van der Waals surface area contributed by atoms with Crippen molar-refractivity contribution in [2.75, 3.05) is 0 Å². The van der Waals surface area contributed by atoms with Gasteiger partial charge in [-0.25, -0.2) is 0 Å². The minimum atomic E-state index is 0.218. The Balaban J connectivity index is 1.66. The zero-order chi connectivity index (χ0) is 27.0. The summed E-state index contributed by atoms with van der Waals surface area (Å²) in [5, 5.41) is 0. The normalized spacial score (nSPS) is 20.8. The van der Waals surface area contributed by atoms with Crippen LogP contribution in [0, 0.1) is 0 Å². The van der Waals surface area contributed by atoms with Gasteiger partial charge in [-0.05, 0) is 109 Å². The first-order valence-electron chi connectivity index (χ1n) is 14.6. The fraction of sp³-hybridized carbons (Fsp3) is 0.514. The highest BCUT2D eigenvalue weighted by Crippen LogP contribution is 2.48. The fourth-order valence-electron chi connectivity index (χ4n) is 6.85. The van der Waals surface area contributed by atoms with Gasteiger partial charge in [0.1, 0.15) is 0 Å². The van der Waals surface area contributed by atoms with E-state index in [1.165, 1.54) is 75.8 Å². The van der Waals surface area contributed by atoms with Crippen LogP contribution in [-0.4, -0.2) is 0 Å². The third-order valence-electron chi connectivity index (χ3n) is 9.99. The third-order valence-corrected chi connectivity index (χ3v) is 9.99. The van der Waals surface area contributed by atoms with Crippen LogP contribution in [0.1, 0.15) is 129 Å². The second-order valence-corrected chi connectivity index (χ2v) is 15.1. The molecule has 0 N–H and O–H groups in total. The molecule has 2 aliphatic carbocycles. The molecule has 196 valence electrons. The number of fused-ring (bicyclic) bond motifs is 2. The van der Waals surface area contributed by atoms with Crippen LogP contribution in [0.3, 0.4) is 0 Å². The van der Waals surface area contributed by atoms with Crippen LogP contribution in [0.15, 0.2) is 54.6 Å². The molecule has 0 nitrogen and oxygen atoms in total. The predicted octanol–water partition coefficient (Wildman–Crippen LogP) is 10.8. The average molecular weight is 493 g/mol. The quantitative estimate of drug-likeness (QED) is 0.341. The van der Waals surface area contributed by atoms with E-state index in [4.69, 9.17) is 0 Å². The number of benzene rings is 3. The molecule has 0 aliphatic heterocycles. The van der Waals surface area contributed by atoms with Gasteiger partial charge >= 0.3 is 0 Å². The van der Waals surface area contributed by atoms with Crippen LogP contribution in [0.25, 0.3) is 22.3 Å². The van der Waals surface area contributed by atoms with Crippen LogP contribution in [0.4, 0.5) is 0 Å². The summed E-state index contributed by atoms with van der Waals surface area (Å²) >= 11 is 0. The molecule has 0 bridgehead atoms. The minimum Gasteiger partial charge on any atom is -0.0587 e. The summed E-state index contributed by atoms with van der Waals surface area (Å²) in [6, 6.07) is 21.9. The van der Waals surface area contributed by atoms with E-state index < -0.39 is 0 Å². The van der Waals surface area contributed by atoms with E-state index in [2.05, 4.69) is 124 Å². The predicted molar refractivity (Wildman–Crippen MR) is 162 cm³/mol. The molecule has 3 aromatic rings. The Morgan fingerprint density at radius 2 is 0.784 bits per heavy atom. The molecule has 5 rings (SSSR count). The molecule has 0 spiro atoms. The highest BCUT2D eigenvalue weighted by Gasteiger charge is 2.38. The molecule has 0 aromatic heterocycles. The Labute approximate surface area is 226 Å². The first-order valence-corrected chi connectivity index (χ1v) is 14.6. The second-order valence-electron chi connectivity index (χ2n) is 15.1. The van der Waals surface area contributed by atoms with Crippen molar-refractivity contribution in [3.63, 3.8) is 0 Å². The summed E-state index contributed by atoms with van der Waals surface area (Å²) < 4.78 is 0. The first-order chi connectivity index (χ1) is 17.1. The van der Waals surface area contributed by atoms with Crippen LogP contribution in [0.5, 0.6) is 0 Å². The van der Waals surface area contributed by atoms with Gasteiger partial charge in [-0.2, -0.15) is 0 Å². The van der Waals surface area contributed by atoms with E-state index >= 15 is 0 Å². The lowest BCUT2D eigenvalue weighted by Gasteiger charge is -2.42. The molecule has 0 fully saturated rings. The molecule has 37 heavy (non-hydrogen) atoms. The Morgan fingerprint density at radius 1 is 0.432 bits per heavy atom. The summed E-state index contributed by atoms with van der Waals surface area (Å²) in [4.78, 5) is 0. The Kier molecular flexibility index (Phi) is 6.10. The van der Waals surface area contributed by atoms with E-state index in [9.17, 15) is 0 Å². The minimum absolute atomic E-state index is 0.218. The smallest absolute Gasteiger partial charge is 0.0100 e. The lowest BCUT2D eigenvalue weighted by atomic mass is 9.62. The summed E-state index contributed by atoms with van der Waals surface area (Å²) in [5.74, 6) is 0.486. The SMILES string of the molecule is CC(C)c1cc(-c2ccc3c(c2)C(C)(C)CCC3(C)C)cc(-c2ccc3c(c2)C(C)(C)CCC3(C)C)c1. The van der Waals surface area contributed by atoms with Crippen molar-refractivity contribution in [3.8, 4) is 22.3 Å². The van der Waals surface area contributed by atoms with Crippen molar-refractivity contribution in [1.29, 1.82) is 0 Å². The highest BCUT2D eigenvalue weighted by molar-refractivity contribution is 5.76. The maximum Gasteiger partial charge on any atom is -0.0100 e. The Hall–Kier alpha value is -2.34. The van der Waals surface area contributed by atoms with E-state index in [-0.39, 0.29) is 21.7 Å². The molecular formula is C37H48. The Bertz CT molecular complexity index is 1240. The fourth-order valence-corrected chi connectivity index (χ4v) is 6.85. The van der Waals surface area contributed by atoms with Gasteiger partial charge < -0.3 is 0 Å². The number of rotatable bonds is 3. The van der Waals surface area contributed by atoms with Crippen LogP contribution < -0.4 is 0 Å². The molecule has 0 saturated heterocycles. The standard InChI is InChI=1S/C37H48/c1-24(2)27-19-28(25-11-13-30-32(22-25)36(7,8)17-15-34(30,3)4)21-29(20-27)26-12-14-31-33(23-26)37(9,10)18-16-35(31,5)6/h11-14,19-24H,15-18H2,1-10H3. The van der Waals surface area contributed by atoms with Gasteiger partial charge in [-0.3, -0.25) is 0 Å². The number of hydrogen-bond acceptors (Lipinski definition) is 0. The molecule has 0 atom stereocenters. The van der Waals surface area contributed by atoms with Crippen molar-refractivity contribution in [2.24, 2.45) is 0 Å². The van der Waals surface area contributed by atoms with E-state index in [1.807, 2.05) is 0 Å². The Morgan fingerprint density at radius 3 is 1.14 bits per heavy atom. The van der Waals surface area contributed by atoms with E-state index in [1.54, 1.807) is 0 Å². The van der Waals surface area contributed by atoms with Crippen molar-refractivity contribution < 1.29 is 0 Å². The lowest BCUT2D eigenvalue weighted by molar-refractivity contribution is 0.332.